The maximum absolute atomic E-state index is 12.0. The molecule has 16 heavy (non-hydrogen) atoms. The van der Waals surface area contributed by atoms with Gasteiger partial charge in [-0.3, -0.25) is 4.79 Å². The molecule has 92 valence electrons. The Bertz CT molecular complexity index is 308. The summed E-state index contributed by atoms with van der Waals surface area (Å²) in [5.74, 6) is 0.255. The van der Waals surface area contributed by atoms with Crippen molar-refractivity contribution < 1.29 is 4.79 Å². The molecule has 1 rings (SSSR count). The molecule has 0 aromatic heterocycles. The molecule has 0 bridgehead atoms. The zero-order chi connectivity index (χ0) is 12.5. The van der Waals surface area contributed by atoms with Crippen LogP contribution in [0, 0.1) is 17.3 Å². The fourth-order valence-corrected chi connectivity index (χ4v) is 2.33. The Morgan fingerprint density at radius 1 is 1.50 bits per heavy atom. The highest BCUT2D eigenvalue weighted by molar-refractivity contribution is 6.55. The molecule has 0 spiro atoms. The number of amides is 1. The molecule has 0 heterocycles. The number of halogens is 2. The molecule has 0 saturated heterocycles. The highest BCUT2D eigenvalue weighted by Crippen LogP contribution is 2.59. The highest BCUT2D eigenvalue weighted by atomic mass is 35.5. The Morgan fingerprint density at radius 3 is 2.50 bits per heavy atom. The Labute approximate surface area is 107 Å². The first kappa shape index (κ1) is 13.9. The van der Waals surface area contributed by atoms with Crippen LogP contribution >= 0.6 is 23.2 Å². The van der Waals surface area contributed by atoms with Crippen molar-refractivity contribution in [1.29, 1.82) is 0 Å². The van der Waals surface area contributed by atoms with Gasteiger partial charge in [-0.15, -0.1) is 0 Å². The van der Waals surface area contributed by atoms with Gasteiger partial charge in [0, 0.05) is 6.04 Å². The van der Waals surface area contributed by atoms with E-state index < -0.39 is 0 Å². The van der Waals surface area contributed by atoms with Gasteiger partial charge < -0.3 is 5.32 Å². The molecule has 1 aliphatic rings. The Balaban J connectivity index is 2.63. The van der Waals surface area contributed by atoms with Gasteiger partial charge >= 0.3 is 0 Å². The van der Waals surface area contributed by atoms with Gasteiger partial charge in [0.1, 0.15) is 4.49 Å². The largest absolute Gasteiger partial charge is 0.353 e. The van der Waals surface area contributed by atoms with Crippen molar-refractivity contribution in [3.63, 3.8) is 0 Å². The molecule has 3 atom stereocenters. The summed E-state index contributed by atoms with van der Waals surface area (Å²) in [5.41, 5.74) is -0.0351. The smallest absolute Gasteiger partial charge is 0.224 e. The van der Waals surface area contributed by atoms with Crippen molar-refractivity contribution in [2.75, 3.05) is 0 Å². The van der Waals surface area contributed by atoms with Crippen LogP contribution in [0.2, 0.25) is 0 Å². The standard InChI is InChI=1S/C12H19Cl2NO/c1-5-7(2)15-11(16)10-8(6-9(13)14)12(10,3)4/h6-8,10H,5H2,1-4H3,(H,15,16)/t7-,8+,10+/m1/s1. The molecule has 1 aliphatic carbocycles. The topological polar surface area (TPSA) is 29.1 Å². The number of hydrogen-bond donors (Lipinski definition) is 1. The average molecular weight is 264 g/mol. The van der Waals surface area contributed by atoms with Gasteiger partial charge in [-0.1, -0.05) is 44.0 Å². The number of hydrogen-bond acceptors (Lipinski definition) is 1. The molecule has 0 unspecified atom stereocenters. The van der Waals surface area contributed by atoms with Crippen LogP contribution < -0.4 is 5.32 Å². The Hall–Kier alpha value is -0.210. The van der Waals surface area contributed by atoms with E-state index >= 15 is 0 Å². The lowest BCUT2D eigenvalue weighted by Crippen LogP contribution is -2.34. The predicted molar refractivity (Wildman–Crippen MR) is 68.4 cm³/mol. The molecule has 1 saturated carbocycles. The van der Waals surface area contributed by atoms with E-state index in [1.54, 1.807) is 6.08 Å². The molecule has 0 aromatic rings. The van der Waals surface area contributed by atoms with Crippen LogP contribution in [0.15, 0.2) is 10.6 Å². The monoisotopic (exact) mass is 263 g/mol. The molecule has 1 amide bonds. The van der Waals surface area contributed by atoms with E-state index in [-0.39, 0.29) is 33.7 Å². The van der Waals surface area contributed by atoms with Gasteiger partial charge in [-0.05, 0) is 30.8 Å². The number of carbonyl (C=O) groups is 1. The summed E-state index contributed by atoms with van der Waals surface area (Å²) in [6.07, 6.45) is 2.71. The van der Waals surface area contributed by atoms with Crippen molar-refractivity contribution >= 4 is 29.1 Å². The van der Waals surface area contributed by atoms with Crippen LogP contribution in [0.1, 0.15) is 34.1 Å². The zero-order valence-corrected chi connectivity index (χ0v) is 11.7. The lowest BCUT2D eigenvalue weighted by molar-refractivity contribution is -0.123. The van der Waals surface area contributed by atoms with Crippen molar-refractivity contribution in [2.45, 2.75) is 40.2 Å². The number of carbonyl (C=O) groups excluding carboxylic acids is 1. The Kier molecular flexibility index (Phi) is 4.30. The Morgan fingerprint density at radius 2 is 2.06 bits per heavy atom. The third-order valence-corrected chi connectivity index (χ3v) is 3.75. The van der Waals surface area contributed by atoms with Crippen molar-refractivity contribution in [3.8, 4) is 0 Å². The fourth-order valence-electron chi connectivity index (χ4n) is 2.06. The van der Waals surface area contributed by atoms with E-state index in [9.17, 15) is 4.79 Å². The second kappa shape index (κ2) is 4.97. The SMILES string of the molecule is CC[C@@H](C)NC(=O)[C@@H]1[C@H](C=C(Cl)Cl)C1(C)C. The van der Waals surface area contributed by atoms with Crippen molar-refractivity contribution in [1.82, 2.24) is 5.32 Å². The van der Waals surface area contributed by atoms with E-state index in [0.717, 1.165) is 6.42 Å². The molecular weight excluding hydrogens is 245 g/mol. The first-order valence-electron chi connectivity index (χ1n) is 5.63. The molecule has 2 nitrogen and oxygen atoms in total. The average Bonchev–Trinajstić information content (AvgIpc) is 2.66. The molecule has 0 aromatic carbocycles. The number of nitrogens with one attached hydrogen (secondary N) is 1. The predicted octanol–water partition coefficient (Wildman–Crippen LogP) is 3.49. The maximum atomic E-state index is 12.0. The maximum Gasteiger partial charge on any atom is 0.224 e. The van der Waals surface area contributed by atoms with E-state index in [4.69, 9.17) is 23.2 Å². The summed E-state index contributed by atoms with van der Waals surface area (Å²) < 4.78 is 0.247. The summed E-state index contributed by atoms with van der Waals surface area (Å²) in [5, 5.41) is 3.00. The first-order chi connectivity index (χ1) is 7.30. The van der Waals surface area contributed by atoms with Crippen LogP contribution in [0.25, 0.3) is 0 Å². The van der Waals surface area contributed by atoms with Crippen LogP contribution in [0.5, 0.6) is 0 Å². The summed E-state index contributed by atoms with van der Waals surface area (Å²) in [6.45, 7) is 8.18. The van der Waals surface area contributed by atoms with Crippen LogP contribution in [0.4, 0.5) is 0 Å². The van der Waals surface area contributed by atoms with Crippen LogP contribution in [-0.4, -0.2) is 11.9 Å². The molecule has 0 aliphatic heterocycles. The quantitative estimate of drug-likeness (QED) is 0.827. The number of rotatable bonds is 4. The highest BCUT2D eigenvalue weighted by Gasteiger charge is 2.60. The van der Waals surface area contributed by atoms with Gasteiger partial charge in [-0.2, -0.15) is 0 Å². The normalized spacial score (nSPS) is 28.1. The van der Waals surface area contributed by atoms with Gasteiger partial charge in [0.15, 0.2) is 0 Å². The van der Waals surface area contributed by atoms with E-state index in [1.807, 2.05) is 6.92 Å². The van der Waals surface area contributed by atoms with E-state index in [1.165, 1.54) is 0 Å². The zero-order valence-electron chi connectivity index (χ0n) is 10.2. The minimum Gasteiger partial charge on any atom is -0.353 e. The molecule has 4 heteroatoms. The van der Waals surface area contributed by atoms with Crippen molar-refractivity contribution in [2.24, 2.45) is 17.3 Å². The van der Waals surface area contributed by atoms with Crippen molar-refractivity contribution in [3.05, 3.63) is 10.6 Å². The lowest BCUT2D eigenvalue weighted by Gasteiger charge is -2.11. The number of allylic oxidation sites excluding steroid dienone is 1. The summed E-state index contributed by atoms with van der Waals surface area (Å²) in [7, 11) is 0. The van der Waals surface area contributed by atoms with Gasteiger partial charge in [-0.25, -0.2) is 0 Å². The van der Waals surface area contributed by atoms with E-state index in [2.05, 4.69) is 26.1 Å². The minimum absolute atomic E-state index is 0.00556. The summed E-state index contributed by atoms with van der Waals surface area (Å²) in [6, 6.07) is 0.222. The minimum atomic E-state index is -0.0351. The van der Waals surface area contributed by atoms with Crippen LogP contribution in [-0.2, 0) is 4.79 Å². The lowest BCUT2D eigenvalue weighted by atomic mass is 10.1. The molecule has 1 fully saturated rings. The van der Waals surface area contributed by atoms with Crippen LogP contribution in [0.3, 0.4) is 0 Å². The third kappa shape index (κ3) is 2.92. The van der Waals surface area contributed by atoms with Gasteiger partial charge in [0.25, 0.3) is 0 Å². The second-order valence-electron chi connectivity index (χ2n) is 5.10. The molecular formula is C12H19Cl2NO. The molecule has 0 radical (unpaired) electrons. The fraction of sp³-hybridized carbons (Fsp3) is 0.750. The third-order valence-electron chi connectivity index (χ3n) is 3.50. The summed E-state index contributed by atoms with van der Waals surface area (Å²) in [4.78, 5) is 12.0. The van der Waals surface area contributed by atoms with Gasteiger partial charge in [0.2, 0.25) is 5.91 Å². The summed E-state index contributed by atoms with van der Waals surface area (Å²) >= 11 is 11.3. The first-order valence-corrected chi connectivity index (χ1v) is 6.39. The second-order valence-corrected chi connectivity index (χ2v) is 6.11. The van der Waals surface area contributed by atoms with Gasteiger partial charge in [0.05, 0.1) is 5.92 Å². The molecule has 1 N–H and O–H groups in total. The van der Waals surface area contributed by atoms with E-state index in [0.29, 0.717) is 0 Å².